The molecule has 12 rings (SSSR count). The first-order valence-electron chi connectivity index (χ1n) is 16.5. The van der Waals surface area contributed by atoms with Crippen LogP contribution in [0.2, 0.25) is 0 Å². The molecule has 3 unspecified atom stereocenters. The van der Waals surface area contributed by atoms with Gasteiger partial charge in [0.2, 0.25) is 5.82 Å². The lowest BCUT2D eigenvalue weighted by Gasteiger charge is -2.47. The van der Waals surface area contributed by atoms with Crippen molar-refractivity contribution >= 4 is 43.7 Å². The third-order valence-electron chi connectivity index (χ3n) is 11.9. The van der Waals surface area contributed by atoms with Crippen LogP contribution in [0.4, 0.5) is 0 Å². The monoisotopic (exact) mass is 578 g/mol. The zero-order chi connectivity index (χ0) is 29.0. The summed E-state index contributed by atoms with van der Waals surface area (Å²) in [5.74, 6) is 3.70. The third kappa shape index (κ3) is 2.47. The quantitative estimate of drug-likeness (QED) is 0.176. The van der Waals surface area contributed by atoms with Gasteiger partial charge in [-0.3, -0.25) is 0 Å². The highest BCUT2D eigenvalue weighted by Crippen LogP contribution is 2.55. The Kier molecular flexibility index (Phi) is 3.97. The summed E-state index contributed by atoms with van der Waals surface area (Å²) >= 11 is 0. The number of para-hydroxylation sites is 2. The minimum absolute atomic E-state index is 0.345. The lowest BCUT2D eigenvalue weighted by Crippen LogP contribution is -2.83. The van der Waals surface area contributed by atoms with Gasteiger partial charge < -0.3 is 0 Å². The Morgan fingerprint density at radius 1 is 0.622 bits per heavy atom. The molecule has 1 fully saturated rings. The summed E-state index contributed by atoms with van der Waals surface area (Å²) < 4.78 is 10.7. The second-order valence-corrected chi connectivity index (χ2v) is 13.7. The molecule has 212 valence electrons. The number of nitrogens with zero attached hydrogens (tertiary/aromatic N) is 4. The molecule has 0 amide bonds. The van der Waals surface area contributed by atoms with E-state index < -0.39 is 0 Å². The third-order valence-corrected chi connectivity index (χ3v) is 11.9. The van der Waals surface area contributed by atoms with Crippen molar-refractivity contribution in [2.45, 2.75) is 31.3 Å². The number of rotatable bonds is 1. The maximum absolute atomic E-state index is 2.79. The fraction of sp³-hybridized carbons (Fsp3) is 0.171. The highest BCUT2D eigenvalue weighted by Gasteiger charge is 2.66. The van der Waals surface area contributed by atoms with Gasteiger partial charge in [-0.15, -0.1) is 0 Å². The molecule has 4 aromatic heterocycles. The van der Waals surface area contributed by atoms with Crippen molar-refractivity contribution in [3.63, 3.8) is 0 Å². The van der Waals surface area contributed by atoms with E-state index in [1.165, 1.54) is 103 Å². The zero-order valence-corrected chi connectivity index (χ0v) is 24.8. The standard InChI is InChI=1S/C41H30N4/c1-2-10-25(11-3-1)28-23-36-43-34-17-6-4-13-29(34)31-20-19-27-22-26-12-8-16-33(26)41(38(27)39(31)43)42-21-9-15-32-30-14-5-7-18-35(30)44(40(32)42)37(24-28)45(36)41/h1-7,9-11,13-15,17-21,23-24,26,33H,8,12,16,22H2/q+2. The van der Waals surface area contributed by atoms with Gasteiger partial charge >= 0.3 is 5.65 Å². The largest absolute Gasteiger partial charge is 0.300 e. The van der Waals surface area contributed by atoms with Crippen LogP contribution in [-0.2, 0) is 12.1 Å². The van der Waals surface area contributed by atoms with Crippen LogP contribution < -0.4 is 9.13 Å². The first-order chi connectivity index (χ1) is 22.3. The number of pyridine rings is 2. The van der Waals surface area contributed by atoms with Crippen molar-refractivity contribution in [1.82, 2.24) is 9.13 Å². The molecule has 45 heavy (non-hydrogen) atoms. The molecule has 4 heteroatoms. The molecule has 0 bridgehead atoms. The number of hydrogen-bond donors (Lipinski definition) is 0. The minimum Gasteiger partial charge on any atom is -0.224 e. The van der Waals surface area contributed by atoms with E-state index in [-0.39, 0.29) is 5.66 Å². The molecule has 1 spiro atoms. The maximum Gasteiger partial charge on any atom is 0.300 e. The van der Waals surface area contributed by atoms with Crippen LogP contribution in [-0.4, -0.2) is 9.13 Å². The highest BCUT2D eigenvalue weighted by atomic mass is 15.4. The second kappa shape index (κ2) is 7.70. The van der Waals surface area contributed by atoms with Crippen LogP contribution in [0.1, 0.15) is 30.4 Å². The summed E-state index contributed by atoms with van der Waals surface area (Å²) in [5.41, 5.74) is 10.5. The zero-order valence-electron chi connectivity index (χ0n) is 24.8. The normalized spacial score (nSPS) is 22.0. The van der Waals surface area contributed by atoms with E-state index >= 15 is 0 Å². The molecule has 4 nitrogen and oxygen atoms in total. The van der Waals surface area contributed by atoms with Crippen LogP contribution in [0.15, 0.2) is 121 Å². The molecule has 6 heterocycles. The number of benzene rings is 4. The lowest BCUT2D eigenvalue weighted by molar-refractivity contribution is -0.984. The maximum atomic E-state index is 2.79. The summed E-state index contributed by atoms with van der Waals surface area (Å²) in [6.45, 7) is 0. The van der Waals surface area contributed by atoms with Gasteiger partial charge in [-0.25, -0.2) is 4.57 Å². The molecule has 4 aliphatic rings. The molecule has 8 aromatic rings. The van der Waals surface area contributed by atoms with E-state index in [0.717, 1.165) is 0 Å². The Morgan fingerprint density at radius 3 is 2.18 bits per heavy atom. The molecule has 2 aliphatic heterocycles. The molecule has 1 saturated carbocycles. The van der Waals surface area contributed by atoms with Gasteiger partial charge in [-0.05, 0) is 72.2 Å². The van der Waals surface area contributed by atoms with Crippen LogP contribution in [0.25, 0.3) is 66.5 Å². The van der Waals surface area contributed by atoms with E-state index in [4.69, 9.17) is 0 Å². The van der Waals surface area contributed by atoms with Crippen molar-refractivity contribution in [1.29, 1.82) is 0 Å². The smallest absolute Gasteiger partial charge is 0.224 e. The topological polar surface area (TPSA) is 17.6 Å². The lowest BCUT2D eigenvalue weighted by atomic mass is 9.67. The highest BCUT2D eigenvalue weighted by molar-refractivity contribution is 6.11. The molecular formula is C41H30N4+2. The Hall–Kier alpha value is -5.22. The van der Waals surface area contributed by atoms with Crippen molar-refractivity contribution in [3.8, 4) is 22.8 Å². The van der Waals surface area contributed by atoms with Crippen LogP contribution in [0, 0.1) is 11.8 Å². The van der Waals surface area contributed by atoms with Crippen molar-refractivity contribution in [2.24, 2.45) is 11.8 Å². The molecule has 0 saturated heterocycles. The average Bonchev–Trinajstić information content (AvgIpc) is 3.80. The Bertz CT molecular complexity index is 2620. The van der Waals surface area contributed by atoms with Gasteiger partial charge in [0.1, 0.15) is 16.6 Å². The molecule has 4 aromatic carbocycles. The first-order valence-corrected chi connectivity index (χ1v) is 16.5. The predicted molar refractivity (Wildman–Crippen MR) is 178 cm³/mol. The first kappa shape index (κ1) is 23.2. The van der Waals surface area contributed by atoms with Gasteiger partial charge in [0, 0.05) is 34.2 Å². The fourth-order valence-electron chi connectivity index (χ4n) is 10.4. The summed E-state index contributed by atoms with van der Waals surface area (Å²) in [6.07, 6.45) is 7.43. The van der Waals surface area contributed by atoms with Gasteiger partial charge in [-0.1, -0.05) is 79.2 Å². The molecule has 0 radical (unpaired) electrons. The fourth-order valence-corrected chi connectivity index (χ4v) is 10.4. The van der Waals surface area contributed by atoms with E-state index in [9.17, 15) is 0 Å². The van der Waals surface area contributed by atoms with Crippen molar-refractivity contribution < 1.29 is 9.13 Å². The Labute approximate surface area is 260 Å². The van der Waals surface area contributed by atoms with Gasteiger partial charge in [0.05, 0.1) is 17.1 Å². The van der Waals surface area contributed by atoms with Crippen LogP contribution >= 0.6 is 0 Å². The summed E-state index contributed by atoms with van der Waals surface area (Å²) in [6, 6.07) is 43.6. The number of fused-ring (bicyclic) bond motifs is 9. The number of hydrogen-bond acceptors (Lipinski definition) is 0. The molecular weight excluding hydrogens is 548 g/mol. The SMILES string of the molecule is c1ccc(-c2cc3[n+]4c(c2)-n2c5ccccc5c5ccc[n+](c52)C42c4c(ccc5c6ccccc6n-3c45)CC3CCCC32)cc1. The van der Waals surface area contributed by atoms with E-state index in [1.54, 1.807) is 0 Å². The Balaban J connectivity index is 1.41. The Morgan fingerprint density at radius 2 is 1.33 bits per heavy atom. The second-order valence-electron chi connectivity index (χ2n) is 13.7. The van der Waals surface area contributed by atoms with Gasteiger partial charge in [0.15, 0.2) is 0 Å². The van der Waals surface area contributed by atoms with E-state index in [2.05, 4.69) is 140 Å². The average molecular weight is 579 g/mol. The molecule has 2 aliphatic carbocycles. The van der Waals surface area contributed by atoms with Crippen molar-refractivity contribution in [3.05, 3.63) is 133 Å². The van der Waals surface area contributed by atoms with Crippen molar-refractivity contribution in [2.75, 3.05) is 0 Å². The van der Waals surface area contributed by atoms with Crippen LogP contribution in [0.3, 0.4) is 0 Å². The van der Waals surface area contributed by atoms with Gasteiger partial charge in [0.25, 0.3) is 11.5 Å². The van der Waals surface area contributed by atoms with Gasteiger partial charge in [-0.2, -0.15) is 13.7 Å². The molecule has 3 atom stereocenters. The minimum atomic E-state index is -0.345. The van der Waals surface area contributed by atoms with E-state index in [0.29, 0.717) is 11.8 Å². The predicted octanol–water partition coefficient (Wildman–Crippen LogP) is 7.97. The number of aromatic nitrogens is 4. The summed E-state index contributed by atoms with van der Waals surface area (Å²) in [7, 11) is 0. The summed E-state index contributed by atoms with van der Waals surface area (Å²) in [5, 5.41) is 5.36. The molecule has 0 N–H and O–H groups in total. The van der Waals surface area contributed by atoms with E-state index in [1.807, 2.05) is 0 Å². The van der Waals surface area contributed by atoms with Crippen LogP contribution in [0.5, 0.6) is 0 Å². The summed E-state index contributed by atoms with van der Waals surface area (Å²) in [4.78, 5) is 0.